The molecule has 2 aromatic carbocycles. The van der Waals surface area contributed by atoms with Crippen molar-refractivity contribution >= 4 is 44.5 Å². The lowest BCUT2D eigenvalue weighted by Crippen LogP contribution is -1.98. The van der Waals surface area contributed by atoms with Crippen LogP contribution in [0.2, 0.25) is 0 Å². The Morgan fingerprint density at radius 2 is 1.90 bits per heavy atom. The lowest BCUT2D eigenvalue weighted by atomic mass is 10.2. The zero-order valence-electron chi connectivity index (χ0n) is 10.8. The van der Waals surface area contributed by atoms with E-state index >= 15 is 0 Å². The Morgan fingerprint density at radius 1 is 1.05 bits per heavy atom. The van der Waals surface area contributed by atoms with Gasteiger partial charge in [-0.3, -0.25) is 0 Å². The van der Waals surface area contributed by atoms with Crippen LogP contribution < -0.4 is 5.32 Å². The Hall–Kier alpha value is -1.59. The fourth-order valence-corrected chi connectivity index (χ4v) is 3.40. The van der Waals surface area contributed by atoms with Gasteiger partial charge in [0.05, 0.1) is 5.52 Å². The van der Waals surface area contributed by atoms with Crippen LogP contribution >= 0.6 is 27.7 Å². The number of aromatic nitrogens is 2. The van der Waals surface area contributed by atoms with E-state index in [9.17, 15) is 0 Å². The van der Waals surface area contributed by atoms with Crippen molar-refractivity contribution in [3.63, 3.8) is 0 Å². The van der Waals surface area contributed by atoms with Gasteiger partial charge in [-0.2, -0.15) is 0 Å². The smallest absolute Gasteiger partial charge is 0.224 e. The van der Waals surface area contributed by atoms with E-state index < -0.39 is 0 Å². The normalized spacial score (nSPS) is 10.7. The summed E-state index contributed by atoms with van der Waals surface area (Å²) < 4.78 is 1.06. The van der Waals surface area contributed by atoms with Gasteiger partial charge in [-0.25, -0.2) is 9.97 Å². The van der Waals surface area contributed by atoms with Crippen LogP contribution in [-0.4, -0.2) is 17.0 Å². The molecule has 0 aliphatic carbocycles. The van der Waals surface area contributed by atoms with Crippen LogP contribution in [0.5, 0.6) is 0 Å². The summed E-state index contributed by atoms with van der Waals surface area (Å²) >= 11 is 5.13. The molecule has 0 bridgehead atoms. The van der Waals surface area contributed by atoms with E-state index in [1.807, 2.05) is 37.4 Å². The number of halogens is 1. The topological polar surface area (TPSA) is 37.8 Å². The van der Waals surface area contributed by atoms with E-state index in [0.29, 0.717) is 5.95 Å². The third kappa shape index (κ3) is 2.78. The number of hydrogen-bond donors (Lipinski definition) is 1. The number of benzene rings is 2. The van der Waals surface area contributed by atoms with Crippen molar-refractivity contribution in [3.8, 4) is 0 Å². The molecule has 3 aromatic rings. The molecule has 3 rings (SSSR count). The first-order valence-corrected chi connectivity index (χ1v) is 7.75. The maximum absolute atomic E-state index is 4.57. The summed E-state index contributed by atoms with van der Waals surface area (Å²) in [5.41, 5.74) is 0.948. The Balaban J connectivity index is 2.10. The van der Waals surface area contributed by atoms with Gasteiger partial charge < -0.3 is 5.32 Å². The lowest BCUT2D eigenvalue weighted by Gasteiger charge is -2.08. The number of anilines is 1. The van der Waals surface area contributed by atoms with E-state index in [2.05, 4.69) is 49.4 Å². The largest absolute Gasteiger partial charge is 0.357 e. The minimum Gasteiger partial charge on any atom is -0.357 e. The van der Waals surface area contributed by atoms with Crippen LogP contribution in [0.25, 0.3) is 10.9 Å². The molecule has 0 aliphatic heterocycles. The molecule has 1 N–H and O–H groups in total. The summed E-state index contributed by atoms with van der Waals surface area (Å²) in [6.45, 7) is 0. The molecule has 20 heavy (non-hydrogen) atoms. The Labute approximate surface area is 130 Å². The highest BCUT2D eigenvalue weighted by Crippen LogP contribution is 2.33. The molecule has 0 fully saturated rings. The van der Waals surface area contributed by atoms with E-state index in [4.69, 9.17) is 0 Å². The van der Waals surface area contributed by atoms with Crippen molar-refractivity contribution in [3.05, 3.63) is 53.0 Å². The predicted molar refractivity (Wildman–Crippen MR) is 87.3 cm³/mol. The number of fused-ring (bicyclic) bond motifs is 1. The SMILES string of the molecule is CNc1nc(Sc2cccc(Br)c2)c2ccccc2n1. The number of hydrogen-bond acceptors (Lipinski definition) is 4. The quantitative estimate of drug-likeness (QED) is 0.704. The van der Waals surface area contributed by atoms with Gasteiger partial charge in [0.15, 0.2) is 0 Å². The van der Waals surface area contributed by atoms with Crippen LogP contribution in [0.4, 0.5) is 5.95 Å². The molecule has 5 heteroatoms. The maximum Gasteiger partial charge on any atom is 0.224 e. The first-order chi connectivity index (χ1) is 9.76. The van der Waals surface area contributed by atoms with E-state index in [1.54, 1.807) is 11.8 Å². The lowest BCUT2D eigenvalue weighted by molar-refractivity contribution is 1.09. The second-order valence-electron chi connectivity index (χ2n) is 4.18. The molecule has 0 aliphatic rings. The van der Waals surface area contributed by atoms with Crippen molar-refractivity contribution in [1.29, 1.82) is 0 Å². The van der Waals surface area contributed by atoms with Gasteiger partial charge in [0.1, 0.15) is 5.03 Å². The fourth-order valence-electron chi connectivity index (χ4n) is 1.88. The standard InChI is InChI=1S/C15H12BrN3S/c1-17-15-18-13-8-3-2-7-12(13)14(19-15)20-11-6-4-5-10(16)9-11/h2-9H,1H3,(H,17,18,19). The zero-order chi connectivity index (χ0) is 13.9. The minimum atomic E-state index is 0.640. The Bertz CT molecular complexity index is 761. The average Bonchev–Trinajstić information content (AvgIpc) is 2.47. The van der Waals surface area contributed by atoms with Crippen molar-refractivity contribution in [1.82, 2.24) is 9.97 Å². The summed E-state index contributed by atoms with van der Waals surface area (Å²) in [5.74, 6) is 0.640. The van der Waals surface area contributed by atoms with Gasteiger partial charge in [-0.05, 0) is 24.3 Å². The number of para-hydroxylation sites is 1. The van der Waals surface area contributed by atoms with E-state index in [0.717, 1.165) is 25.3 Å². The van der Waals surface area contributed by atoms with Gasteiger partial charge in [0.25, 0.3) is 0 Å². The Morgan fingerprint density at radius 3 is 2.70 bits per heavy atom. The van der Waals surface area contributed by atoms with Crippen molar-refractivity contribution in [2.75, 3.05) is 12.4 Å². The van der Waals surface area contributed by atoms with Gasteiger partial charge in [0.2, 0.25) is 5.95 Å². The fraction of sp³-hybridized carbons (Fsp3) is 0.0667. The number of nitrogens with one attached hydrogen (secondary N) is 1. The Kier molecular flexibility index (Phi) is 3.89. The molecule has 3 nitrogen and oxygen atoms in total. The number of nitrogens with zero attached hydrogens (tertiary/aromatic N) is 2. The van der Waals surface area contributed by atoms with E-state index in [1.165, 1.54) is 0 Å². The highest BCUT2D eigenvalue weighted by atomic mass is 79.9. The van der Waals surface area contributed by atoms with Crippen LogP contribution in [-0.2, 0) is 0 Å². The molecule has 1 heterocycles. The molecule has 0 spiro atoms. The van der Waals surface area contributed by atoms with Crippen molar-refractivity contribution in [2.45, 2.75) is 9.92 Å². The molecule has 0 radical (unpaired) electrons. The maximum atomic E-state index is 4.57. The average molecular weight is 346 g/mol. The predicted octanol–water partition coefficient (Wildman–Crippen LogP) is 4.59. The van der Waals surface area contributed by atoms with Crippen LogP contribution in [0.3, 0.4) is 0 Å². The summed E-state index contributed by atoms with van der Waals surface area (Å²) in [6.07, 6.45) is 0. The molecule has 1 aromatic heterocycles. The highest BCUT2D eigenvalue weighted by molar-refractivity contribution is 9.10. The molecular weight excluding hydrogens is 334 g/mol. The van der Waals surface area contributed by atoms with Crippen molar-refractivity contribution < 1.29 is 0 Å². The molecule has 100 valence electrons. The van der Waals surface area contributed by atoms with Gasteiger partial charge in [-0.15, -0.1) is 0 Å². The van der Waals surface area contributed by atoms with Crippen LogP contribution in [0.1, 0.15) is 0 Å². The zero-order valence-corrected chi connectivity index (χ0v) is 13.2. The molecule has 0 saturated heterocycles. The van der Waals surface area contributed by atoms with Crippen LogP contribution in [0.15, 0.2) is 62.9 Å². The summed E-state index contributed by atoms with van der Waals surface area (Å²) in [5, 5.41) is 5.03. The monoisotopic (exact) mass is 345 g/mol. The first-order valence-electron chi connectivity index (χ1n) is 6.14. The summed E-state index contributed by atoms with van der Waals surface area (Å²) in [7, 11) is 1.83. The third-order valence-corrected chi connectivity index (χ3v) is 4.29. The van der Waals surface area contributed by atoms with Crippen molar-refractivity contribution in [2.24, 2.45) is 0 Å². The van der Waals surface area contributed by atoms with Gasteiger partial charge >= 0.3 is 0 Å². The summed E-state index contributed by atoms with van der Waals surface area (Å²) in [4.78, 5) is 10.2. The van der Waals surface area contributed by atoms with Gasteiger partial charge in [-0.1, -0.05) is 52.0 Å². The third-order valence-electron chi connectivity index (χ3n) is 2.80. The molecular formula is C15H12BrN3S. The molecule has 0 amide bonds. The summed E-state index contributed by atoms with van der Waals surface area (Å²) in [6, 6.07) is 16.2. The second kappa shape index (κ2) is 5.81. The van der Waals surface area contributed by atoms with Crippen LogP contribution in [0, 0.1) is 0 Å². The minimum absolute atomic E-state index is 0.640. The molecule has 0 atom stereocenters. The highest BCUT2D eigenvalue weighted by Gasteiger charge is 2.08. The van der Waals surface area contributed by atoms with Gasteiger partial charge in [0, 0.05) is 21.8 Å². The molecule has 0 saturated carbocycles. The first kappa shape index (κ1) is 13.4. The number of rotatable bonds is 3. The van der Waals surface area contributed by atoms with E-state index in [-0.39, 0.29) is 0 Å². The molecule has 0 unspecified atom stereocenters. The second-order valence-corrected chi connectivity index (χ2v) is 6.16.